The van der Waals surface area contributed by atoms with Crippen LogP contribution in [0.1, 0.15) is 5.56 Å². The van der Waals surface area contributed by atoms with Crippen molar-refractivity contribution < 1.29 is 5.11 Å². The Morgan fingerprint density at radius 1 is 1.69 bits per heavy atom. The van der Waals surface area contributed by atoms with E-state index in [1.165, 1.54) is 12.3 Å². The first-order valence-electron chi connectivity index (χ1n) is 3.69. The number of halogens is 1. The number of nitriles is 1. The van der Waals surface area contributed by atoms with Gasteiger partial charge in [0.15, 0.2) is 0 Å². The average Bonchev–Trinajstić information content (AvgIpc) is 2.16. The minimum Gasteiger partial charge on any atom is -0.395 e. The zero-order valence-electron chi connectivity index (χ0n) is 6.79. The van der Waals surface area contributed by atoms with E-state index in [2.05, 4.69) is 10.3 Å². The molecule has 0 amide bonds. The molecule has 0 saturated heterocycles. The van der Waals surface area contributed by atoms with Crippen LogP contribution in [-0.4, -0.2) is 23.2 Å². The van der Waals surface area contributed by atoms with Gasteiger partial charge < -0.3 is 10.4 Å². The fourth-order valence-corrected chi connectivity index (χ4v) is 1.05. The Labute approximate surface area is 80.8 Å². The lowest BCUT2D eigenvalue weighted by molar-refractivity contribution is 0.311. The van der Waals surface area contributed by atoms with Crippen LogP contribution in [-0.2, 0) is 0 Å². The Balaban J connectivity index is 2.90. The molecule has 2 N–H and O–H groups in total. The average molecular weight is 198 g/mol. The predicted molar refractivity (Wildman–Crippen MR) is 49.5 cm³/mol. The van der Waals surface area contributed by atoms with Gasteiger partial charge in [-0.25, -0.2) is 4.98 Å². The highest BCUT2D eigenvalue weighted by molar-refractivity contribution is 6.34. The standard InChI is InChI=1S/C8H8ClN3O/c9-7-6(5-10)1-2-11-8(7)12-3-4-13/h1-2,13H,3-4H2,(H,11,12). The lowest BCUT2D eigenvalue weighted by Crippen LogP contribution is -2.07. The first-order valence-corrected chi connectivity index (χ1v) is 4.06. The minimum atomic E-state index is -0.00517. The van der Waals surface area contributed by atoms with Gasteiger partial charge in [-0.15, -0.1) is 0 Å². The van der Waals surface area contributed by atoms with Crippen LogP contribution in [0, 0.1) is 11.3 Å². The maximum atomic E-state index is 8.63. The van der Waals surface area contributed by atoms with Crippen LogP contribution in [0.3, 0.4) is 0 Å². The van der Waals surface area contributed by atoms with Crippen molar-refractivity contribution >= 4 is 17.4 Å². The van der Waals surface area contributed by atoms with Gasteiger partial charge in [-0.1, -0.05) is 11.6 Å². The van der Waals surface area contributed by atoms with Gasteiger partial charge in [0.1, 0.15) is 16.9 Å². The van der Waals surface area contributed by atoms with Gasteiger partial charge >= 0.3 is 0 Å². The first-order chi connectivity index (χ1) is 6.29. The molecule has 0 aromatic carbocycles. The maximum Gasteiger partial charge on any atom is 0.146 e. The number of aliphatic hydroxyl groups is 1. The van der Waals surface area contributed by atoms with Gasteiger partial charge in [-0.2, -0.15) is 5.26 Å². The van der Waals surface area contributed by atoms with Gasteiger partial charge in [0, 0.05) is 12.7 Å². The van der Waals surface area contributed by atoms with Crippen molar-refractivity contribution in [3.8, 4) is 6.07 Å². The van der Waals surface area contributed by atoms with E-state index in [9.17, 15) is 0 Å². The summed E-state index contributed by atoms with van der Waals surface area (Å²) in [6.07, 6.45) is 1.49. The summed E-state index contributed by atoms with van der Waals surface area (Å²) >= 11 is 5.82. The highest BCUT2D eigenvalue weighted by atomic mass is 35.5. The molecule has 0 aliphatic carbocycles. The molecule has 0 fully saturated rings. The molecule has 0 aliphatic heterocycles. The molecule has 0 atom stereocenters. The molecule has 5 heteroatoms. The number of rotatable bonds is 3. The van der Waals surface area contributed by atoms with Crippen molar-refractivity contribution in [1.82, 2.24) is 4.98 Å². The number of hydrogen-bond acceptors (Lipinski definition) is 4. The largest absolute Gasteiger partial charge is 0.395 e. The summed E-state index contributed by atoms with van der Waals surface area (Å²) in [6, 6.07) is 3.47. The Bertz CT molecular complexity index is 335. The van der Waals surface area contributed by atoms with Crippen LogP contribution in [0.5, 0.6) is 0 Å². The highest BCUT2D eigenvalue weighted by Crippen LogP contribution is 2.22. The molecule has 1 heterocycles. The molecule has 1 rings (SSSR count). The molecule has 0 radical (unpaired) electrons. The maximum absolute atomic E-state index is 8.63. The van der Waals surface area contributed by atoms with Gasteiger partial charge in [-0.05, 0) is 6.07 Å². The molecular formula is C8H8ClN3O. The highest BCUT2D eigenvalue weighted by Gasteiger charge is 2.05. The molecular weight excluding hydrogens is 190 g/mol. The quantitative estimate of drug-likeness (QED) is 0.759. The smallest absolute Gasteiger partial charge is 0.146 e. The van der Waals surface area contributed by atoms with E-state index < -0.39 is 0 Å². The van der Waals surface area contributed by atoms with Crippen molar-refractivity contribution in [1.29, 1.82) is 5.26 Å². The molecule has 4 nitrogen and oxygen atoms in total. The lowest BCUT2D eigenvalue weighted by atomic mass is 10.3. The molecule has 0 aliphatic rings. The second-order valence-corrected chi connectivity index (χ2v) is 2.66. The van der Waals surface area contributed by atoms with Gasteiger partial charge in [0.2, 0.25) is 0 Å². The van der Waals surface area contributed by atoms with E-state index in [-0.39, 0.29) is 6.61 Å². The van der Waals surface area contributed by atoms with Gasteiger partial charge in [-0.3, -0.25) is 0 Å². The van der Waals surface area contributed by atoms with E-state index in [1.807, 2.05) is 6.07 Å². The van der Waals surface area contributed by atoms with Crippen molar-refractivity contribution in [2.24, 2.45) is 0 Å². The fourth-order valence-electron chi connectivity index (χ4n) is 0.828. The van der Waals surface area contributed by atoms with E-state index in [0.29, 0.717) is 22.9 Å². The number of hydrogen-bond donors (Lipinski definition) is 2. The zero-order chi connectivity index (χ0) is 9.68. The topological polar surface area (TPSA) is 68.9 Å². The van der Waals surface area contributed by atoms with Crippen molar-refractivity contribution in [3.05, 3.63) is 22.8 Å². The summed E-state index contributed by atoms with van der Waals surface area (Å²) in [5.74, 6) is 0.426. The lowest BCUT2D eigenvalue weighted by Gasteiger charge is -2.05. The Hall–Kier alpha value is -1.31. The monoisotopic (exact) mass is 197 g/mol. The second kappa shape index (κ2) is 4.65. The fraction of sp³-hybridized carbons (Fsp3) is 0.250. The van der Waals surface area contributed by atoms with E-state index in [0.717, 1.165) is 0 Å². The molecule has 1 aromatic heterocycles. The Morgan fingerprint density at radius 3 is 3.08 bits per heavy atom. The van der Waals surface area contributed by atoms with Crippen molar-refractivity contribution in [3.63, 3.8) is 0 Å². The van der Waals surface area contributed by atoms with E-state index in [1.54, 1.807) is 0 Å². The van der Waals surface area contributed by atoms with Crippen molar-refractivity contribution in [2.75, 3.05) is 18.5 Å². The molecule has 0 bridgehead atoms. The summed E-state index contributed by atoms with van der Waals surface area (Å²) in [6.45, 7) is 0.358. The third-order valence-corrected chi connectivity index (χ3v) is 1.80. The van der Waals surface area contributed by atoms with Crippen LogP contribution in [0.4, 0.5) is 5.82 Å². The molecule has 0 spiro atoms. The number of anilines is 1. The predicted octanol–water partition coefficient (Wildman–Crippen LogP) is 1.01. The first kappa shape index (κ1) is 9.78. The SMILES string of the molecule is N#Cc1ccnc(NCCO)c1Cl. The summed E-state index contributed by atoms with van der Waals surface area (Å²) < 4.78 is 0. The number of aromatic nitrogens is 1. The normalized spacial score (nSPS) is 9.31. The summed E-state index contributed by atoms with van der Waals surface area (Å²) in [5, 5.41) is 20.3. The molecule has 0 unspecified atom stereocenters. The van der Waals surface area contributed by atoms with Crippen LogP contribution in [0.15, 0.2) is 12.3 Å². The number of nitrogens with one attached hydrogen (secondary N) is 1. The molecule has 13 heavy (non-hydrogen) atoms. The van der Waals surface area contributed by atoms with E-state index in [4.69, 9.17) is 22.0 Å². The molecule has 1 aromatic rings. The zero-order valence-corrected chi connectivity index (χ0v) is 7.54. The number of aliphatic hydroxyl groups excluding tert-OH is 1. The van der Waals surface area contributed by atoms with Crippen LogP contribution < -0.4 is 5.32 Å². The third kappa shape index (κ3) is 2.31. The Kier molecular flexibility index (Phi) is 3.50. The summed E-state index contributed by atoms with van der Waals surface area (Å²) in [5.41, 5.74) is 0.372. The molecule has 68 valence electrons. The van der Waals surface area contributed by atoms with E-state index >= 15 is 0 Å². The van der Waals surface area contributed by atoms with Crippen LogP contribution >= 0.6 is 11.6 Å². The Morgan fingerprint density at radius 2 is 2.46 bits per heavy atom. The summed E-state index contributed by atoms with van der Waals surface area (Å²) in [7, 11) is 0. The second-order valence-electron chi connectivity index (χ2n) is 2.28. The number of pyridine rings is 1. The van der Waals surface area contributed by atoms with Gasteiger partial charge in [0.25, 0.3) is 0 Å². The third-order valence-electron chi connectivity index (χ3n) is 1.41. The van der Waals surface area contributed by atoms with Gasteiger partial charge in [0.05, 0.1) is 12.2 Å². The minimum absolute atomic E-state index is 0.00517. The van der Waals surface area contributed by atoms with Crippen LogP contribution in [0.25, 0.3) is 0 Å². The molecule has 0 saturated carbocycles. The van der Waals surface area contributed by atoms with Crippen LogP contribution in [0.2, 0.25) is 5.02 Å². The number of nitrogens with zero attached hydrogens (tertiary/aromatic N) is 2. The summed E-state index contributed by atoms with van der Waals surface area (Å²) in [4.78, 5) is 3.92. The van der Waals surface area contributed by atoms with Crippen molar-refractivity contribution in [2.45, 2.75) is 0 Å².